The fourth-order valence-electron chi connectivity index (χ4n) is 2.80. The van der Waals surface area contributed by atoms with Gasteiger partial charge in [0.05, 0.1) is 31.4 Å². The van der Waals surface area contributed by atoms with Crippen molar-refractivity contribution in [2.75, 3.05) is 38.1 Å². The molecule has 29 heavy (non-hydrogen) atoms. The van der Waals surface area contributed by atoms with E-state index in [-0.39, 0.29) is 29.4 Å². The number of methoxy groups -OCH3 is 1. The zero-order valence-corrected chi connectivity index (χ0v) is 17.4. The highest BCUT2D eigenvalue weighted by Gasteiger charge is 2.29. The van der Waals surface area contributed by atoms with Crippen LogP contribution in [0, 0.1) is 0 Å². The Morgan fingerprint density at radius 3 is 2.38 bits per heavy atom. The Morgan fingerprint density at radius 1 is 1.03 bits per heavy atom. The summed E-state index contributed by atoms with van der Waals surface area (Å²) in [7, 11) is -6.34. The van der Waals surface area contributed by atoms with Gasteiger partial charge in [-0.3, -0.25) is 4.72 Å². The summed E-state index contributed by atoms with van der Waals surface area (Å²) in [6, 6.07) is 13.1. The summed E-state index contributed by atoms with van der Waals surface area (Å²) in [5, 5.41) is 1.03. The van der Waals surface area contributed by atoms with E-state index in [2.05, 4.69) is 4.72 Å². The Kier molecular flexibility index (Phi) is 6.58. The van der Waals surface area contributed by atoms with Crippen LogP contribution in [0.1, 0.15) is 5.56 Å². The molecule has 0 unspecified atom stereocenters. The Hall–Kier alpha value is -2.40. The van der Waals surface area contributed by atoms with Crippen molar-refractivity contribution in [3.05, 3.63) is 59.5 Å². The summed E-state index contributed by atoms with van der Waals surface area (Å²) in [5.41, 5.74) is 0.846. The largest absolute Gasteiger partial charge is 0.495 e. The first-order chi connectivity index (χ1) is 13.8. The molecule has 1 fully saturated rings. The van der Waals surface area contributed by atoms with E-state index >= 15 is 0 Å². The third-order valence-corrected chi connectivity index (χ3v) is 7.19. The van der Waals surface area contributed by atoms with Gasteiger partial charge in [0.25, 0.3) is 10.0 Å². The molecule has 0 atom stereocenters. The molecule has 0 aliphatic carbocycles. The molecule has 156 valence electrons. The van der Waals surface area contributed by atoms with Crippen LogP contribution in [0.3, 0.4) is 0 Å². The minimum Gasteiger partial charge on any atom is -0.495 e. The van der Waals surface area contributed by atoms with Gasteiger partial charge in [0.15, 0.2) is 0 Å². The van der Waals surface area contributed by atoms with Crippen LogP contribution in [0.4, 0.5) is 5.69 Å². The van der Waals surface area contributed by atoms with Crippen LogP contribution in [0.2, 0.25) is 0 Å². The average Bonchev–Trinajstić information content (AvgIpc) is 2.73. The van der Waals surface area contributed by atoms with Crippen LogP contribution >= 0.6 is 0 Å². The number of hydrogen-bond acceptors (Lipinski definition) is 6. The highest BCUT2D eigenvalue weighted by Crippen LogP contribution is 2.30. The van der Waals surface area contributed by atoms with Gasteiger partial charge in [0.1, 0.15) is 10.6 Å². The van der Waals surface area contributed by atoms with Gasteiger partial charge in [-0.25, -0.2) is 16.8 Å². The molecule has 10 heteroatoms. The molecular formula is C19H22N2O6S2. The lowest BCUT2D eigenvalue weighted by atomic mass is 10.2. The quantitative estimate of drug-likeness (QED) is 0.711. The number of nitrogens with one attached hydrogen (secondary N) is 1. The van der Waals surface area contributed by atoms with Gasteiger partial charge in [0.2, 0.25) is 10.0 Å². The average molecular weight is 439 g/mol. The van der Waals surface area contributed by atoms with Crippen LogP contribution in [-0.2, 0) is 24.8 Å². The molecule has 2 aromatic rings. The van der Waals surface area contributed by atoms with Crippen LogP contribution < -0.4 is 9.46 Å². The maximum absolute atomic E-state index is 13.0. The zero-order valence-electron chi connectivity index (χ0n) is 15.8. The SMILES string of the molecule is COc1ccc(NS(=O)(=O)/C=C/c2ccccc2)cc1S(=O)(=O)N1CCOCC1. The lowest BCUT2D eigenvalue weighted by Crippen LogP contribution is -2.40. The number of hydrogen-bond donors (Lipinski definition) is 1. The predicted molar refractivity (Wildman–Crippen MR) is 111 cm³/mol. The molecule has 2 aromatic carbocycles. The van der Waals surface area contributed by atoms with Crippen LogP contribution in [0.25, 0.3) is 6.08 Å². The number of nitrogens with zero attached hydrogens (tertiary/aromatic N) is 1. The van der Waals surface area contributed by atoms with Crippen molar-refractivity contribution in [2.24, 2.45) is 0 Å². The summed E-state index contributed by atoms with van der Waals surface area (Å²) in [6.07, 6.45) is 1.46. The van der Waals surface area contributed by atoms with Gasteiger partial charge in [-0.1, -0.05) is 30.3 Å². The summed E-state index contributed by atoms with van der Waals surface area (Å²) in [4.78, 5) is -0.103. The Morgan fingerprint density at radius 2 is 1.72 bits per heavy atom. The van der Waals surface area contributed by atoms with Gasteiger partial charge >= 0.3 is 0 Å². The number of rotatable bonds is 7. The topological polar surface area (TPSA) is 102 Å². The standard InChI is InChI=1S/C19H22N2O6S2/c1-26-18-8-7-17(15-19(18)29(24,25)21-10-12-27-13-11-21)20-28(22,23)14-9-16-5-3-2-4-6-16/h2-9,14-15,20H,10-13H2,1H3/b14-9+. The van der Waals surface area contributed by atoms with Crippen molar-refractivity contribution in [1.29, 1.82) is 0 Å². The minimum atomic E-state index is -3.86. The Balaban J connectivity index is 1.87. The first-order valence-corrected chi connectivity index (χ1v) is 11.8. The van der Waals surface area contributed by atoms with Crippen LogP contribution in [-0.4, -0.2) is 54.6 Å². The molecule has 1 aliphatic heterocycles. The van der Waals surface area contributed by atoms with E-state index in [1.54, 1.807) is 24.3 Å². The number of benzene rings is 2. The van der Waals surface area contributed by atoms with Crippen molar-refractivity contribution < 1.29 is 26.3 Å². The molecule has 1 N–H and O–H groups in total. The fourth-order valence-corrected chi connectivity index (χ4v) is 5.25. The number of anilines is 1. The molecule has 1 aliphatic rings. The highest BCUT2D eigenvalue weighted by molar-refractivity contribution is 7.95. The van der Waals surface area contributed by atoms with Gasteiger partial charge < -0.3 is 9.47 Å². The maximum Gasteiger partial charge on any atom is 0.255 e. The van der Waals surface area contributed by atoms with Gasteiger partial charge in [0, 0.05) is 13.1 Å². The van der Waals surface area contributed by atoms with Crippen LogP contribution in [0.5, 0.6) is 5.75 Å². The van der Waals surface area contributed by atoms with E-state index in [1.807, 2.05) is 6.07 Å². The van der Waals surface area contributed by atoms with E-state index in [4.69, 9.17) is 9.47 Å². The van der Waals surface area contributed by atoms with Gasteiger partial charge in [-0.05, 0) is 29.8 Å². The zero-order chi connectivity index (χ0) is 20.9. The maximum atomic E-state index is 13.0. The van der Waals surface area contributed by atoms with E-state index in [1.165, 1.54) is 35.7 Å². The number of morpholine rings is 1. The summed E-state index contributed by atoms with van der Waals surface area (Å²) < 4.78 is 64.8. The predicted octanol–water partition coefficient (Wildman–Crippen LogP) is 2.13. The van der Waals surface area contributed by atoms with Crippen molar-refractivity contribution in [3.63, 3.8) is 0 Å². The first-order valence-electron chi connectivity index (χ1n) is 8.84. The molecule has 1 saturated heterocycles. The molecule has 0 saturated carbocycles. The molecule has 8 nitrogen and oxygen atoms in total. The summed E-state index contributed by atoms with van der Waals surface area (Å²) in [5.74, 6) is 0.138. The van der Waals surface area contributed by atoms with Crippen LogP contribution in [0.15, 0.2) is 58.8 Å². The Bertz CT molecular complexity index is 1080. The minimum absolute atomic E-state index is 0.103. The summed E-state index contributed by atoms with van der Waals surface area (Å²) >= 11 is 0. The second-order valence-corrected chi connectivity index (χ2v) is 9.72. The lowest BCUT2D eigenvalue weighted by molar-refractivity contribution is 0.0729. The third-order valence-electron chi connectivity index (χ3n) is 4.25. The Labute approximate surface area is 170 Å². The van der Waals surface area contributed by atoms with Gasteiger partial charge in [-0.2, -0.15) is 4.31 Å². The third kappa shape index (κ3) is 5.36. The van der Waals surface area contributed by atoms with E-state index < -0.39 is 20.0 Å². The van der Waals surface area contributed by atoms with Crippen molar-refractivity contribution in [2.45, 2.75) is 4.90 Å². The highest BCUT2D eigenvalue weighted by atomic mass is 32.2. The van der Waals surface area contributed by atoms with E-state index in [0.29, 0.717) is 13.2 Å². The molecule has 0 bridgehead atoms. The lowest BCUT2D eigenvalue weighted by Gasteiger charge is -2.26. The smallest absolute Gasteiger partial charge is 0.255 e. The molecular weight excluding hydrogens is 416 g/mol. The molecule has 3 rings (SSSR count). The first kappa shape index (κ1) is 21.3. The monoisotopic (exact) mass is 438 g/mol. The normalized spacial score (nSPS) is 16.0. The van der Waals surface area contributed by atoms with Crippen molar-refractivity contribution >= 4 is 31.8 Å². The van der Waals surface area contributed by atoms with Crippen molar-refractivity contribution in [1.82, 2.24) is 4.31 Å². The fraction of sp³-hybridized carbons (Fsp3) is 0.263. The summed E-state index contributed by atoms with van der Waals surface area (Å²) in [6.45, 7) is 1.05. The number of sulfonamides is 2. The second-order valence-electron chi connectivity index (χ2n) is 6.24. The number of ether oxygens (including phenoxy) is 2. The molecule has 0 aromatic heterocycles. The van der Waals surface area contributed by atoms with E-state index in [9.17, 15) is 16.8 Å². The van der Waals surface area contributed by atoms with Gasteiger partial charge in [-0.15, -0.1) is 0 Å². The van der Waals surface area contributed by atoms with E-state index in [0.717, 1.165) is 11.0 Å². The molecule has 0 radical (unpaired) electrons. The molecule has 0 spiro atoms. The van der Waals surface area contributed by atoms with Crippen molar-refractivity contribution in [3.8, 4) is 5.75 Å². The second kappa shape index (κ2) is 8.95. The molecule has 1 heterocycles. The molecule has 0 amide bonds.